The van der Waals surface area contributed by atoms with E-state index in [9.17, 15) is 13.2 Å². The average Bonchev–Trinajstić information content (AvgIpc) is 2.69. The van der Waals surface area contributed by atoms with Gasteiger partial charge in [-0.2, -0.15) is 13.2 Å². The second kappa shape index (κ2) is 12.5. The number of carboxylic acid groups (broad SMARTS) is 1. The van der Waals surface area contributed by atoms with Crippen molar-refractivity contribution in [3.8, 4) is 0 Å². The molecule has 3 rings (SSSR count). The lowest BCUT2D eigenvalue weighted by Gasteiger charge is -2.26. The minimum absolute atomic E-state index is 0.268. The Labute approximate surface area is 183 Å². The second-order valence-electron chi connectivity index (χ2n) is 8.67. The fourth-order valence-electron chi connectivity index (χ4n) is 3.11. The molecule has 6 heteroatoms. The van der Waals surface area contributed by atoms with Crippen molar-refractivity contribution in [3.63, 3.8) is 0 Å². The van der Waals surface area contributed by atoms with E-state index in [-0.39, 0.29) is 5.41 Å². The van der Waals surface area contributed by atoms with Gasteiger partial charge in [-0.3, -0.25) is 9.69 Å². The van der Waals surface area contributed by atoms with Gasteiger partial charge >= 0.3 is 6.18 Å². The van der Waals surface area contributed by atoms with Crippen LogP contribution < -0.4 is 0 Å². The highest BCUT2D eigenvalue weighted by Gasteiger charge is 2.29. The first kappa shape index (κ1) is 26.7. The Morgan fingerprint density at radius 1 is 0.871 bits per heavy atom. The summed E-state index contributed by atoms with van der Waals surface area (Å²) >= 11 is 0. The Kier molecular flexibility index (Phi) is 10.8. The molecular weight excluding hydrogens is 403 g/mol. The van der Waals surface area contributed by atoms with Gasteiger partial charge in [-0.15, -0.1) is 0 Å². The molecule has 0 aliphatic carbocycles. The molecule has 2 aromatic rings. The summed E-state index contributed by atoms with van der Waals surface area (Å²) in [4.78, 5) is 11.6. The summed E-state index contributed by atoms with van der Waals surface area (Å²) in [5, 5.41) is 7.42. The zero-order valence-electron chi connectivity index (χ0n) is 18.9. The van der Waals surface area contributed by atoms with Gasteiger partial charge in [-0.25, -0.2) is 0 Å². The van der Waals surface area contributed by atoms with Crippen LogP contribution >= 0.6 is 0 Å². The van der Waals surface area contributed by atoms with E-state index in [0.29, 0.717) is 0 Å². The highest BCUT2D eigenvalue weighted by molar-refractivity contribution is 5.62. The first-order valence-electron chi connectivity index (χ1n) is 10.5. The molecule has 31 heavy (non-hydrogen) atoms. The quantitative estimate of drug-likeness (QED) is 0.564. The van der Waals surface area contributed by atoms with Crippen LogP contribution in [0.15, 0.2) is 54.6 Å². The van der Waals surface area contributed by atoms with E-state index >= 15 is 0 Å². The standard InChI is InChI=1S/C16H25N.C7H5F3.C2H4O2/c1-16(2,3)15-9-7-14(8-10-15)13-17-11-5-4-6-12-17;8-7(9,10)6-4-2-1-3-5-6;1-2(3)4/h7-10H,4-6,11-13H2,1-3H3;1-5H;1H3,(H,3,4). The van der Waals surface area contributed by atoms with E-state index in [1.54, 1.807) is 6.07 Å². The molecule has 1 heterocycles. The molecule has 0 bridgehead atoms. The normalized spacial score (nSPS) is 14.5. The lowest BCUT2D eigenvalue weighted by Crippen LogP contribution is -2.29. The summed E-state index contributed by atoms with van der Waals surface area (Å²) in [6.45, 7) is 11.6. The number of piperidine rings is 1. The molecule has 3 nitrogen and oxygen atoms in total. The van der Waals surface area contributed by atoms with Gasteiger partial charge in [0.05, 0.1) is 5.56 Å². The lowest BCUT2D eigenvalue weighted by molar-refractivity contribution is -0.137. The summed E-state index contributed by atoms with van der Waals surface area (Å²) in [5.41, 5.74) is 2.55. The highest BCUT2D eigenvalue weighted by Crippen LogP contribution is 2.28. The number of nitrogens with zero attached hydrogens (tertiary/aromatic N) is 1. The first-order chi connectivity index (χ1) is 14.4. The molecule has 0 radical (unpaired) electrons. The second-order valence-corrected chi connectivity index (χ2v) is 8.67. The Morgan fingerprint density at radius 3 is 1.74 bits per heavy atom. The van der Waals surface area contributed by atoms with Crippen LogP contribution in [-0.4, -0.2) is 29.1 Å². The SMILES string of the molecule is CC(=O)O.CC(C)(C)c1ccc(CN2CCCCC2)cc1.FC(F)(F)c1ccccc1. The third kappa shape index (κ3) is 11.6. The van der Waals surface area contributed by atoms with E-state index in [4.69, 9.17) is 9.90 Å². The molecule has 0 aromatic heterocycles. The van der Waals surface area contributed by atoms with Gasteiger partial charge in [-0.05, 0) is 42.5 Å². The predicted molar refractivity (Wildman–Crippen MR) is 119 cm³/mol. The minimum Gasteiger partial charge on any atom is -0.481 e. The lowest BCUT2D eigenvalue weighted by atomic mass is 9.87. The van der Waals surface area contributed by atoms with Crippen molar-refractivity contribution in [1.29, 1.82) is 0 Å². The molecule has 0 amide bonds. The number of hydrogen-bond donors (Lipinski definition) is 1. The molecular formula is C25H34F3NO2. The molecule has 172 valence electrons. The van der Waals surface area contributed by atoms with Crippen LogP contribution in [0.2, 0.25) is 0 Å². The van der Waals surface area contributed by atoms with E-state index in [1.165, 1.54) is 55.6 Å². The molecule has 1 N–H and O–H groups in total. The van der Waals surface area contributed by atoms with E-state index in [0.717, 1.165) is 25.6 Å². The fourth-order valence-corrected chi connectivity index (χ4v) is 3.11. The summed E-state index contributed by atoms with van der Waals surface area (Å²) in [6.07, 6.45) is -0.0408. The Morgan fingerprint density at radius 2 is 1.35 bits per heavy atom. The number of carboxylic acids is 1. The van der Waals surface area contributed by atoms with Crippen molar-refractivity contribution in [1.82, 2.24) is 4.90 Å². The predicted octanol–water partition coefficient (Wildman–Crippen LogP) is 6.77. The number of benzene rings is 2. The Bertz CT molecular complexity index is 756. The largest absolute Gasteiger partial charge is 0.481 e. The molecule has 1 aliphatic heterocycles. The summed E-state index contributed by atoms with van der Waals surface area (Å²) in [6, 6.07) is 15.5. The van der Waals surface area contributed by atoms with Gasteiger partial charge in [0.1, 0.15) is 0 Å². The smallest absolute Gasteiger partial charge is 0.416 e. The third-order valence-corrected chi connectivity index (χ3v) is 4.78. The van der Waals surface area contributed by atoms with Crippen molar-refractivity contribution >= 4 is 5.97 Å². The number of rotatable bonds is 2. The van der Waals surface area contributed by atoms with Gasteiger partial charge in [0.2, 0.25) is 0 Å². The highest BCUT2D eigenvalue weighted by atomic mass is 19.4. The molecule has 0 saturated carbocycles. The zero-order valence-corrected chi connectivity index (χ0v) is 18.9. The van der Waals surface area contributed by atoms with Crippen molar-refractivity contribution in [2.75, 3.05) is 13.1 Å². The molecule has 2 aromatic carbocycles. The maximum atomic E-state index is 11.8. The van der Waals surface area contributed by atoms with E-state index in [2.05, 4.69) is 49.9 Å². The van der Waals surface area contributed by atoms with Crippen molar-refractivity contribution in [2.45, 2.75) is 65.1 Å². The van der Waals surface area contributed by atoms with Crippen LogP contribution in [0.5, 0.6) is 0 Å². The average molecular weight is 438 g/mol. The van der Waals surface area contributed by atoms with Crippen LogP contribution in [0.25, 0.3) is 0 Å². The molecule has 0 spiro atoms. The first-order valence-corrected chi connectivity index (χ1v) is 10.5. The maximum Gasteiger partial charge on any atom is 0.416 e. The molecule has 1 fully saturated rings. The van der Waals surface area contributed by atoms with Crippen LogP contribution in [-0.2, 0) is 22.9 Å². The maximum absolute atomic E-state index is 11.8. The fraction of sp³-hybridized carbons (Fsp3) is 0.480. The summed E-state index contributed by atoms with van der Waals surface area (Å²) < 4.78 is 35.4. The number of hydrogen-bond acceptors (Lipinski definition) is 2. The zero-order chi connectivity index (χ0) is 23.5. The molecule has 0 atom stereocenters. The molecule has 1 saturated heterocycles. The van der Waals surface area contributed by atoms with Crippen LogP contribution in [0.3, 0.4) is 0 Å². The third-order valence-electron chi connectivity index (χ3n) is 4.78. The summed E-state index contributed by atoms with van der Waals surface area (Å²) in [7, 11) is 0. The van der Waals surface area contributed by atoms with Crippen molar-refractivity contribution < 1.29 is 23.1 Å². The number of likely N-dealkylation sites (tertiary alicyclic amines) is 1. The summed E-state index contributed by atoms with van der Waals surface area (Å²) in [5.74, 6) is -0.833. The Hall–Kier alpha value is -2.34. The van der Waals surface area contributed by atoms with Crippen LogP contribution in [0.1, 0.15) is 63.6 Å². The van der Waals surface area contributed by atoms with Crippen molar-refractivity contribution in [2.24, 2.45) is 0 Å². The molecule has 1 aliphatic rings. The van der Waals surface area contributed by atoms with Crippen molar-refractivity contribution in [3.05, 3.63) is 71.3 Å². The van der Waals surface area contributed by atoms with Crippen LogP contribution in [0.4, 0.5) is 13.2 Å². The minimum atomic E-state index is -4.21. The Balaban J connectivity index is 0.000000290. The monoisotopic (exact) mass is 437 g/mol. The number of alkyl halides is 3. The number of aliphatic carboxylic acids is 1. The van der Waals surface area contributed by atoms with Gasteiger partial charge in [0.15, 0.2) is 0 Å². The van der Waals surface area contributed by atoms with E-state index < -0.39 is 17.7 Å². The van der Waals surface area contributed by atoms with Gasteiger partial charge in [-0.1, -0.05) is 81.8 Å². The topological polar surface area (TPSA) is 40.5 Å². The van der Waals surface area contributed by atoms with E-state index in [1.807, 2.05) is 0 Å². The number of halogens is 3. The number of carbonyl (C=O) groups is 1. The van der Waals surface area contributed by atoms with Crippen LogP contribution in [0, 0.1) is 0 Å². The van der Waals surface area contributed by atoms with Gasteiger partial charge in [0.25, 0.3) is 5.97 Å². The molecule has 0 unspecified atom stereocenters. The van der Waals surface area contributed by atoms with Gasteiger partial charge in [0, 0.05) is 13.5 Å². The van der Waals surface area contributed by atoms with Gasteiger partial charge < -0.3 is 5.11 Å².